The van der Waals surface area contributed by atoms with Crippen LogP contribution < -0.4 is 0 Å². The summed E-state index contributed by atoms with van der Waals surface area (Å²) in [6.45, 7) is 2.15. The third-order valence-corrected chi connectivity index (χ3v) is 4.54. The Morgan fingerprint density at radius 2 is 2.08 bits per heavy atom. The van der Waals surface area contributed by atoms with Crippen molar-refractivity contribution in [2.75, 3.05) is 13.1 Å². The predicted molar refractivity (Wildman–Crippen MR) is 85.3 cm³/mol. The lowest BCUT2D eigenvalue weighted by atomic mass is 9.94. The number of hydrogen-bond donors (Lipinski definition) is 1. The number of nitrogens with zero attached hydrogens (tertiary/aromatic N) is 4. The summed E-state index contributed by atoms with van der Waals surface area (Å²) >= 11 is 0. The molecule has 0 aliphatic carbocycles. The van der Waals surface area contributed by atoms with Crippen molar-refractivity contribution in [3.05, 3.63) is 53.5 Å². The number of aromatic amines is 1. The largest absolute Gasteiger partial charge is 0.298 e. The fourth-order valence-electron chi connectivity index (χ4n) is 3.38. The summed E-state index contributed by atoms with van der Waals surface area (Å²) in [6, 6.07) is 3.76. The van der Waals surface area contributed by atoms with Crippen LogP contribution in [0.2, 0.25) is 0 Å². The molecule has 0 saturated carbocycles. The molecule has 0 amide bonds. The standard InChI is InChI=1S/C17H17F2N5/c18-13-4-3-11(14(19)8-13)9-24-7-1-2-12(10-24)15-16-17(23-22-15)21-6-5-20-16/h3-6,8,12H,1-2,7,9-10H2,(H,21,22,23). The maximum Gasteiger partial charge on any atom is 0.199 e. The first-order valence-corrected chi connectivity index (χ1v) is 8.02. The first-order valence-electron chi connectivity index (χ1n) is 8.02. The molecule has 1 aliphatic heterocycles. The molecule has 1 fully saturated rings. The maximum absolute atomic E-state index is 13.9. The van der Waals surface area contributed by atoms with E-state index in [1.807, 2.05) is 0 Å². The average molecular weight is 329 g/mol. The lowest BCUT2D eigenvalue weighted by Gasteiger charge is -2.32. The van der Waals surface area contributed by atoms with Crippen LogP contribution in [0.5, 0.6) is 0 Å². The van der Waals surface area contributed by atoms with Gasteiger partial charge in [0.05, 0.1) is 5.69 Å². The van der Waals surface area contributed by atoms with Gasteiger partial charge in [-0.15, -0.1) is 0 Å². The summed E-state index contributed by atoms with van der Waals surface area (Å²) in [7, 11) is 0. The van der Waals surface area contributed by atoms with Crippen molar-refractivity contribution in [3.8, 4) is 0 Å². The number of rotatable bonds is 3. The monoisotopic (exact) mass is 329 g/mol. The van der Waals surface area contributed by atoms with Gasteiger partial charge in [0.1, 0.15) is 17.2 Å². The Bertz CT molecular complexity index is 863. The number of hydrogen-bond acceptors (Lipinski definition) is 4. The van der Waals surface area contributed by atoms with Gasteiger partial charge in [0.15, 0.2) is 5.65 Å². The third kappa shape index (κ3) is 2.87. The fourth-order valence-corrected chi connectivity index (χ4v) is 3.38. The van der Waals surface area contributed by atoms with Crippen LogP contribution in [0, 0.1) is 11.6 Å². The van der Waals surface area contributed by atoms with E-state index < -0.39 is 11.6 Å². The van der Waals surface area contributed by atoms with Gasteiger partial charge < -0.3 is 0 Å². The predicted octanol–water partition coefficient (Wildman–Crippen LogP) is 3.01. The van der Waals surface area contributed by atoms with Crippen LogP contribution in [0.4, 0.5) is 8.78 Å². The van der Waals surface area contributed by atoms with E-state index in [0.717, 1.165) is 43.2 Å². The van der Waals surface area contributed by atoms with Crippen molar-refractivity contribution >= 4 is 11.2 Å². The number of aromatic nitrogens is 4. The molecule has 0 radical (unpaired) electrons. The minimum atomic E-state index is -0.546. The summed E-state index contributed by atoms with van der Waals surface area (Å²) < 4.78 is 26.9. The minimum Gasteiger partial charge on any atom is -0.298 e. The quantitative estimate of drug-likeness (QED) is 0.802. The molecule has 5 nitrogen and oxygen atoms in total. The van der Waals surface area contributed by atoms with Crippen LogP contribution in [-0.4, -0.2) is 38.2 Å². The van der Waals surface area contributed by atoms with E-state index in [1.165, 1.54) is 12.1 Å². The summed E-state index contributed by atoms with van der Waals surface area (Å²) in [4.78, 5) is 10.8. The molecule has 0 spiro atoms. The summed E-state index contributed by atoms with van der Waals surface area (Å²) in [6.07, 6.45) is 5.32. The van der Waals surface area contributed by atoms with Crippen molar-refractivity contribution in [1.29, 1.82) is 0 Å². The van der Waals surface area contributed by atoms with Crippen LogP contribution in [0.3, 0.4) is 0 Å². The van der Waals surface area contributed by atoms with Crippen molar-refractivity contribution in [2.24, 2.45) is 0 Å². The molecule has 1 saturated heterocycles. The Balaban J connectivity index is 1.53. The summed E-state index contributed by atoms with van der Waals surface area (Å²) in [5, 5.41) is 7.27. The van der Waals surface area contributed by atoms with Gasteiger partial charge in [-0.3, -0.25) is 10.00 Å². The van der Waals surface area contributed by atoms with Gasteiger partial charge in [0.25, 0.3) is 0 Å². The van der Waals surface area contributed by atoms with E-state index >= 15 is 0 Å². The molecule has 0 bridgehead atoms. The van der Waals surface area contributed by atoms with E-state index in [0.29, 0.717) is 17.8 Å². The molecule has 7 heteroatoms. The van der Waals surface area contributed by atoms with Crippen molar-refractivity contribution < 1.29 is 8.78 Å². The number of piperidine rings is 1. The molecule has 1 aromatic carbocycles. The highest BCUT2D eigenvalue weighted by molar-refractivity contribution is 5.72. The van der Waals surface area contributed by atoms with Crippen LogP contribution in [0.25, 0.3) is 11.2 Å². The first kappa shape index (κ1) is 15.1. The number of likely N-dealkylation sites (tertiary alicyclic amines) is 1. The second kappa shape index (κ2) is 6.24. The van der Waals surface area contributed by atoms with Crippen molar-refractivity contribution in [3.63, 3.8) is 0 Å². The Kier molecular flexibility index (Phi) is 3.93. The van der Waals surface area contributed by atoms with E-state index in [4.69, 9.17) is 0 Å². The number of benzene rings is 1. The van der Waals surface area contributed by atoms with Crippen LogP contribution >= 0.6 is 0 Å². The second-order valence-electron chi connectivity index (χ2n) is 6.18. The highest BCUT2D eigenvalue weighted by Gasteiger charge is 2.25. The molecular formula is C17H17F2N5. The molecule has 3 heterocycles. The molecule has 124 valence electrons. The molecule has 2 aromatic heterocycles. The zero-order valence-electron chi connectivity index (χ0n) is 13.0. The van der Waals surface area contributed by atoms with Gasteiger partial charge >= 0.3 is 0 Å². The van der Waals surface area contributed by atoms with E-state index in [1.54, 1.807) is 12.4 Å². The number of H-pyrrole nitrogens is 1. The molecule has 3 aromatic rings. The van der Waals surface area contributed by atoms with Gasteiger partial charge in [0, 0.05) is 43.0 Å². The van der Waals surface area contributed by atoms with Crippen LogP contribution in [0.1, 0.15) is 30.0 Å². The molecule has 1 aliphatic rings. The van der Waals surface area contributed by atoms with Crippen molar-refractivity contribution in [2.45, 2.75) is 25.3 Å². The Morgan fingerprint density at radius 1 is 1.21 bits per heavy atom. The average Bonchev–Trinajstić information content (AvgIpc) is 3.02. The molecule has 1 N–H and O–H groups in total. The van der Waals surface area contributed by atoms with Gasteiger partial charge in [0.2, 0.25) is 0 Å². The Labute approximate surface area is 137 Å². The lowest BCUT2D eigenvalue weighted by Crippen LogP contribution is -2.34. The summed E-state index contributed by atoms with van der Waals surface area (Å²) in [5.74, 6) is -0.783. The minimum absolute atomic E-state index is 0.254. The number of halogens is 2. The Hall–Kier alpha value is -2.41. The first-order chi connectivity index (χ1) is 11.7. The molecular weight excluding hydrogens is 312 g/mol. The van der Waals surface area contributed by atoms with E-state index in [9.17, 15) is 8.78 Å². The topological polar surface area (TPSA) is 57.7 Å². The normalized spacial score (nSPS) is 19.0. The smallest absolute Gasteiger partial charge is 0.199 e. The third-order valence-electron chi connectivity index (χ3n) is 4.54. The van der Waals surface area contributed by atoms with Crippen molar-refractivity contribution in [1.82, 2.24) is 25.1 Å². The maximum atomic E-state index is 13.9. The van der Waals surface area contributed by atoms with Gasteiger partial charge in [-0.1, -0.05) is 6.07 Å². The molecule has 1 unspecified atom stereocenters. The summed E-state index contributed by atoms with van der Waals surface area (Å²) in [5.41, 5.74) is 2.93. The lowest BCUT2D eigenvalue weighted by molar-refractivity contribution is 0.196. The number of nitrogens with one attached hydrogen (secondary N) is 1. The van der Waals surface area contributed by atoms with Crippen LogP contribution in [-0.2, 0) is 6.54 Å². The van der Waals surface area contributed by atoms with Crippen LogP contribution in [0.15, 0.2) is 30.6 Å². The molecule has 1 atom stereocenters. The zero-order valence-corrected chi connectivity index (χ0v) is 13.0. The highest BCUT2D eigenvalue weighted by Crippen LogP contribution is 2.29. The van der Waals surface area contributed by atoms with E-state index in [-0.39, 0.29) is 5.92 Å². The Morgan fingerprint density at radius 3 is 2.96 bits per heavy atom. The fraction of sp³-hybridized carbons (Fsp3) is 0.353. The number of fused-ring (bicyclic) bond motifs is 1. The second-order valence-corrected chi connectivity index (χ2v) is 6.18. The van der Waals surface area contributed by atoms with Gasteiger partial charge in [-0.2, -0.15) is 5.10 Å². The highest BCUT2D eigenvalue weighted by atomic mass is 19.1. The zero-order chi connectivity index (χ0) is 16.5. The van der Waals surface area contributed by atoms with Gasteiger partial charge in [-0.25, -0.2) is 18.7 Å². The van der Waals surface area contributed by atoms with Gasteiger partial charge in [-0.05, 0) is 25.5 Å². The molecule has 24 heavy (non-hydrogen) atoms. The van der Waals surface area contributed by atoms with E-state index in [2.05, 4.69) is 25.1 Å². The molecule has 4 rings (SSSR count). The SMILES string of the molecule is Fc1ccc(CN2CCCC(c3[nH]nc4nccnc34)C2)c(F)c1.